The number of aromatic nitrogens is 1. The van der Waals surface area contributed by atoms with Crippen LogP contribution in [0.5, 0.6) is 0 Å². The fourth-order valence-corrected chi connectivity index (χ4v) is 2.37. The second-order valence-corrected chi connectivity index (χ2v) is 4.86. The van der Waals surface area contributed by atoms with E-state index >= 15 is 0 Å². The lowest BCUT2D eigenvalue weighted by molar-refractivity contribution is 0.0697. The van der Waals surface area contributed by atoms with Crippen molar-refractivity contribution in [3.05, 3.63) is 22.8 Å². The van der Waals surface area contributed by atoms with Crippen molar-refractivity contribution in [1.29, 1.82) is 0 Å². The average Bonchev–Trinajstić information content (AvgIpc) is 2.31. The maximum Gasteiger partial charge on any atom is 0.335 e. The number of pyridine rings is 1. The number of aliphatic hydroxyl groups is 1. The van der Waals surface area contributed by atoms with Gasteiger partial charge in [-0.25, -0.2) is 9.78 Å². The van der Waals surface area contributed by atoms with Gasteiger partial charge in [0.05, 0.1) is 17.7 Å². The van der Waals surface area contributed by atoms with Gasteiger partial charge in [-0.15, -0.1) is 0 Å². The summed E-state index contributed by atoms with van der Waals surface area (Å²) in [6, 6.07) is 2.63. The van der Waals surface area contributed by atoms with Gasteiger partial charge in [0.15, 0.2) is 0 Å². The highest BCUT2D eigenvalue weighted by Gasteiger charge is 2.23. The summed E-state index contributed by atoms with van der Waals surface area (Å²) in [6.07, 6.45) is 3.23. The first kappa shape index (κ1) is 13.1. The fourth-order valence-electron chi connectivity index (χ4n) is 2.16. The number of carboxylic acid groups (broad SMARTS) is 1. The maximum atomic E-state index is 10.9. The molecule has 1 aromatic heterocycles. The number of halogens is 1. The number of anilines is 1. The standard InChI is InChI=1S/C12H15ClN2O3/c13-10-5-7(12(17)18)6-11(15-10)14-8-3-1-2-4-9(8)16/h5-6,8-9,16H,1-4H2,(H,14,15)(H,17,18). The predicted molar refractivity (Wildman–Crippen MR) is 68.1 cm³/mol. The zero-order valence-electron chi connectivity index (χ0n) is 9.77. The van der Waals surface area contributed by atoms with Crippen molar-refractivity contribution in [2.75, 3.05) is 5.32 Å². The molecule has 0 radical (unpaired) electrons. The highest BCUT2D eigenvalue weighted by atomic mass is 35.5. The SMILES string of the molecule is O=C(O)c1cc(Cl)nc(NC2CCCCC2O)c1. The van der Waals surface area contributed by atoms with E-state index in [1.54, 1.807) is 0 Å². The first-order valence-corrected chi connectivity index (χ1v) is 6.29. The first-order valence-electron chi connectivity index (χ1n) is 5.92. The zero-order chi connectivity index (χ0) is 13.1. The Kier molecular flexibility index (Phi) is 4.04. The van der Waals surface area contributed by atoms with E-state index in [-0.39, 0.29) is 16.8 Å². The van der Waals surface area contributed by atoms with Crippen LogP contribution in [0, 0.1) is 0 Å². The number of carbonyl (C=O) groups is 1. The Labute approximate surface area is 110 Å². The van der Waals surface area contributed by atoms with Crippen molar-refractivity contribution >= 4 is 23.4 Å². The lowest BCUT2D eigenvalue weighted by Gasteiger charge is -2.28. The normalized spacial score (nSPS) is 23.7. The molecule has 3 N–H and O–H groups in total. The van der Waals surface area contributed by atoms with Crippen molar-refractivity contribution < 1.29 is 15.0 Å². The number of hydrogen-bond donors (Lipinski definition) is 3. The summed E-state index contributed by atoms with van der Waals surface area (Å²) in [5.74, 6) is -0.655. The molecule has 2 unspecified atom stereocenters. The molecule has 0 saturated heterocycles. The summed E-state index contributed by atoms with van der Waals surface area (Å²) >= 11 is 5.77. The molecule has 5 nitrogen and oxygen atoms in total. The number of nitrogens with one attached hydrogen (secondary N) is 1. The minimum absolute atomic E-state index is 0.0859. The van der Waals surface area contributed by atoms with Gasteiger partial charge >= 0.3 is 5.97 Å². The van der Waals surface area contributed by atoms with Crippen molar-refractivity contribution in [3.63, 3.8) is 0 Å². The van der Waals surface area contributed by atoms with Crippen molar-refractivity contribution in [2.45, 2.75) is 37.8 Å². The van der Waals surface area contributed by atoms with Gasteiger partial charge in [-0.2, -0.15) is 0 Å². The minimum Gasteiger partial charge on any atom is -0.478 e. The van der Waals surface area contributed by atoms with Crippen LogP contribution < -0.4 is 5.32 Å². The van der Waals surface area contributed by atoms with E-state index in [9.17, 15) is 9.90 Å². The predicted octanol–water partition coefficient (Wildman–Crippen LogP) is 2.15. The van der Waals surface area contributed by atoms with E-state index in [4.69, 9.17) is 16.7 Å². The summed E-state index contributed by atoms with van der Waals surface area (Å²) < 4.78 is 0. The summed E-state index contributed by atoms with van der Waals surface area (Å²) in [5, 5.41) is 22.0. The molecule has 1 aliphatic carbocycles. The van der Waals surface area contributed by atoms with Crippen LogP contribution in [0.3, 0.4) is 0 Å². The number of aromatic carboxylic acids is 1. The fraction of sp³-hybridized carbons (Fsp3) is 0.500. The van der Waals surface area contributed by atoms with Crippen molar-refractivity contribution in [2.24, 2.45) is 0 Å². The van der Waals surface area contributed by atoms with Gasteiger partial charge in [0.1, 0.15) is 11.0 Å². The molecule has 1 saturated carbocycles. The van der Waals surface area contributed by atoms with E-state index in [2.05, 4.69) is 10.3 Å². The second kappa shape index (κ2) is 5.54. The topological polar surface area (TPSA) is 82.5 Å². The number of aliphatic hydroxyl groups excluding tert-OH is 1. The minimum atomic E-state index is -1.05. The van der Waals surface area contributed by atoms with Crippen LogP contribution in [0.15, 0.2) is 12.1 Å². The summed E-state index contributed by atoms with van der Waals surface area (Å²) in [7, 11) is 0. The third-order valence-corrected chi connectivity index (χ3v) is 3.30. The molecule has 0 aliphatic heterocycles. The van der Waals surface area contributed by atoms with Crippen LogP contribution >= 0.6 is 11.6 Å². The molecule has 6 heteroatoms. The van der Waals surface area contributed by atoms with Gasteiger partial charge in [0, 0.05) is 0 Å². The Balaban J connectivity index is 2.15. The van der Waals surface area contributed by atoms with Crippen LogP contribution in [0.2, 0.25) is 5.15 Å². The maximum absolute atomic E-state index is 10.9. The van der Waals surface area contributed by atoms with Gasteiger partial charge in [-0.3, -0.25) is 0 Å². The Hall–Kier alpha value is -1.33. The van der Waals surface area contributed by atoms with E-state index in [0.29, 0.717) is 5.82 Å². The summed E-state index contributed by atoms with van der Waals surface area (Å²) in [5.41, 5.74) is 0.0859. The largest absolute Gasteiger partial charge is 0.478 e. The van der Waals surface area contributed by atoms with E-state index < -0.39 is 12.1 Å². The van der Waals surface area contributed by atoms with E-state index in [1.807, 2.05) is 0 Å². The number of carboxylic acids is 1. The third kappa shape index (κ3) is 3.11. The molecule has 0 amide bonds. The average molecular weight is 271 g/mol. The van der Waals surface area contributed by atoms with Gasteiger partial charge in [0.2, 0.25) is 0 Å². The van der Waals surface area contributed by atoms with Crippen LogP contribution in [-0.4, -0.2) is 33.3 Å². The quantitative estimate of drug-likeness (QED) is 0.733. The molecular weight excluding hydrogens is 256 g/mol. The van der Waals surface area contributed by atoms with Crippen LogP contribution in [0.4, 0.5) is 5.82 Å². The number of rotatable bonds is 3. The van der Waals surface area contributed by atoms with Crippen LogP contribution in [0.25, 0.3) is 0 Å². The van der Waals surface area contributed by atoms with Crippen LogP contribution in [0.1, 0.15) is 36.0 Å². The molecule has 2 rings (SSSR count). The molecule has 1 aliphatic rings. The van der Waals surface area contributed by atoms with Gasteiger partial charge in [-0.05, 0) is 25.0 Å². The van der Waals surface area contributed by atoms with Gasteiger partial charge in [-0.1, -0.05) is 24.4 Å². The Morgan fingerprint density at radius 2 is 2.11 bits per heavy atom. The smallest absolute Gasteiger partial charge is 0.335 e. The highest BCUT2D eigenvalue weighted by molar-refractivity contribution is 6.29. The molecule has 98 valence electrons. The highest BCUT2D eigenvalue weighted by Crippen LogP contribution is 2.23. The Bertz CT molecular complexity index is 453. The van der Waals surface area contributed by atoms with E-state index in [1.165, 1.54) is 12.1 Å². The van der Waals surface area contributed by atoms with Gasteiger partial charge < -0.3 is 15.5 Å². The zero-order valence-corrected chi connectivity index (χ0v) is 10.5. The Morgan fingerprint density at radius 1 is 1.39 bits per heavy atom. The molecule has 18 heavy (non-hydrogen) atoms. The van der Waals surface area contributed by atoms with Crippen LogP contribution in [-0.2, 0) is 0 Å². The van der Waals surface area contributed by atoms with Crippen molar-refractivity contribution in [1.82, 2.24) is 4.98 Å². The van der Waals surface area contributed by atoms with E-state index in [0.717, 1.165) is 25.7 Å². The molecular formula is C12H15ClN2O3. The Morgan fingerprint density at radius 3 is 2.78 bits per heavy atom. The first-order chi connectivity index (χ1) is 8.56. The molecule has 1 aromatic rings. The molecule has 0 aromatic carbocycles. The third-order valence-electron chi connectivity index (χ3n) is 3.10. The van der Waals surface area contributed by atoms with Gasteiger partial charge in [0.25, 0.3) is 0 Å². The number of hydrogen-bond acceptors (Lipinski definition) is 4. The monoisotopic (exact) mass is 270 g/mol. The molecule has 0 bridgehead atoms. The molecule has 1 fully saturated rings. The lowest BCUT2D eigenvalue weighted by atomic mass is 9.92. The molecule has 1 heterocycles. The summed E-state index contributed by atoms with van der Waals surface area (Å²) in [6.45, 7) is 0. The molecule has 0 spiro atoms. The number of nitrogens with zero attached hydrogens (tertiary/aromatic N) is 1. The van der Waals surface area contributed by atoms with Crippen molar-refractivity contribution in [3.8, 4) is 0 Å². The summed E-state index contributed by atoms with van der Waals surface area (Å²) in [4.78, 5) is 14.9. The second-order valence-electron chi connectivity index (χ2n) is 4.47. The lowest BCUT2D eigenvalue weighted by Crippen LogP contribution is -2.36. The molecule has 2 atom stereocenters.